The van der Waals surface area contributed by atoms with Gasteiger partial charge in [-0.3, -0.25) is 0 Å². The van der Waals surface area contributed by atoms with Crippen molar-refractivity contribution in [1.82, 2.24) is 0 Å². The Kier molecular flexibility index (Phi) is 2.51. The van der Waals surface area contributed by atoms with Crippen molar-refractivity contribution in [3.63, 3.8) is 0 Å². The van der Waals surface area contributed by atoms with E-state index in [0.717, 1.165) is 10.8 Å². The molecule has 1 N–H and O–H groups in total. The Bertz CT molecular complexity index is 932. The Balaban J connectivity index is 2.20. The molecule has 0 amide bonds. The summed E-state index contributed by atoms with van der Waals surface area (Å²) >= 11 is 0. The molecule has 4 rings (SSSR count). The fourth-order valence-electron chi connectivity index (χ4n) is 3.84. The van der Waals surface area contributed by atoms with Gasteiger partial charge in [-0.25, -0.2) is 0 Å². The lowest BCUT2D eigenvalue weighted by Crippen LogP contribution is -2.15. The molecule has 1 aliphatic rings. The number of benzene rings is 3. The number of phenols is 1. The van der Waals surface area contributed by atoms with Gasteiger partial charge in [-0.05, 0) is 53.6 Å². The summed E-state index contributed by atoms with van der Waals surface area (Å²) in [5.74, 6) is 0.384. The number of aromatic hydroxyl groups is 1. The molecule has 3 aromatic carbocycles. The average molecular weight is 288 g/mol. The largest absolute Gasteiger partial charge is 0.507 e. The van der Waals surface area contributed by atoms with Crippen molar-refractivity contribution in [2.75, 3.05) is 0 Å². The molecule has 0 unspecified atom stereocenters. The minimum atomic E-state index is -0.0761. The summed E-state index contributed by atoms with van der Waals surface area (Å²) < 4.78 is 0. The standard InChI is InChI=1S/C21H20O/c1-12-5-7-14-16(9-12)19(22)11-18-20(14)15-8-6-13(2)10-17(15)21(18,3)4/h5-11,22H,1-4H3. The van der Waals surface area contributed by atoms with Crippen molar-refractivity contribution in [2.24, 2.45) is 0 Å². The summed E-state index contributed by atoms with van der Waals surface area (Å²) in [4.78, 5) is 0. The molecule has 1 heteroatoms. The van der Waals surface area contributed by atoms with Crippen LogP contribution in [0.15, 0.2) is 42.5 Å². The van der Waals surface area contributed by atoms with Crippen molar-refractivity contribution < 1.29 is 5.11 Å². The Morgan fingerprint density at radius 1 is 0.773 bits per heavy atom. The van der Waals surface area contributed by atoms with Crippen LogP contribution in [0.1, 0.15) is 36.1 Å². The highest BCUT2D eigenvalue weighted by Gasteiger charge is 2.37. The van der Waals surface area contributed by atoms with Crippen LogP contribution in [0.2, 0.25) is 0 Å². The number of hydrogen-bond acceptors (Lipinski definition) is 1. The SMILES string of the molecule is Cc1ccc2c(c1)C(C)(C)c1cc(O)c3cc(C)ccc3c1-2. The van der Waals surface area contributed by atoms with Crippen molar-refractivity contribution in [3.8, 4) is 16.9 Å². The summed E-state index contributed by atoms with van der Waals surface area (Å²) in [5, 5.41) is 12.6. The molecule has 110 valence electrons. The first-order valence-electron chi connectivity index (χ1n) is 7.78. The Morgan fingerprint density at radius 2 is 1.45 bits per heavy atom. The van der Waals surface area contributed by atoms with E-state index in [4.69, 9.17) is 0 Å². The third kappa shape index (κ3) is 1.60. The van der Waals surface area contributed by atoms with Crippen LogP contribution in [-0.2, 0) is 5.41 Å². The van der Waals surface area contributed by atoms with Gasteiger partial charge in [0.1, 0.15) is 5.75 Å². The molecule has 0 fully saturated rings. The van der Waals surface area contributed by atoms with Gasteiger partial charge in [0.2, 0.25) is 0 Å². The van der Waals surface area contributed by atoms with Crippen molar-refractivity contribution in [2.45, 2.75) is 33.1 Å². The first-order chi connectivity index (χ1) is 10.4. The third-order valence-corrected chi connectivity index (χ3v) is 5.06. The van der Waals surface area contributed by atoms with Crippen LogP contribution in [0, 0.1) is 13.8 Å². The molecule has 1 nitrogen and oxygen atoms in total. The van der Waals surface area contributed by atoms with Gasteiger partial charge in [0.25, 0.3) is 0 Å². The molecule has 0 atom stereocenters. The average Bonchev–Trinajstić information content (AvgIpc) is 2.68. The van der Waals surface area contributed by atoms with E-state index >= 15 is 0 Å². The molecule has 0 aromatic heterocycles. The molecular weight excluding hydrogens is 268 g/mol. The molecule has 0 saturated carbocycles. The van der Waals surface area contributed by atoms with E-state index in [1.54, 1.807) is 0 Å². The summed E-state index contributed by atoms with van der Waals surface area (Å²) in [6, 6.07) is 15.0. The monoisotopic (exact) mass is 288 g/mol. The van der Waals surface area contributed by atoms with Crippen LogP contribution < -0.4 is 0 Å². The van der Waals surface area contributed by atoms with Crippen LogP contribution in [0.3, 0.4) is 0 Å². The van der Waals surface area contributed by atoms with E-state index in [9.17, 15) is 5.11 Å². The topological polar surface area (TPSA) is 20.2 Å². The van der Waals surface area contributed by atoms with Gasteiger partial charge in [-0.1, -0.05) is 55.3 Å². The smallest absolute Gasteiger partial charge is 0.123 e. The van der Waals surface area contributed by atoms with E-state index in [1.165, 1.54) is 33.4 Å². The molecular formula is C21H20O. The molecule has 0 saturated heterocycles. The number of fused-ring (bicyclic) bond motifs is 5. The van der Waals surface area contributed by atoms with Crippen LogP contribution in [0.5, 0.6) is 5.75 Å². The second-order valence-electron chi connectivity index (χ2n) is 7.04. The highest BCUT2D eigenvalue weighted by atomic mass is 16.3. The second kappa shape index (κ2) is 4.13. The predicted octanol–water partition coefficient (Wildman–Crippen LogP) is 5.47. The van der Waals surface area contributed by atoms with Gasteiger partial charge in [-0.15, -0.1) is 0 Å². The molecule has 3 aromatic rings. The van der Waals surface area contributed by atoms with Crippen molar-refractivity contribution in [3.05, 3.63) is 64.7 Å². The maximum Gasteiger partial charge on any atom is 0.123 e. The van der Waals surface area contributed by atoms with E-state index in [-0.39, 0.29) is 5.41 Å². The molecule has 0 heterocycles. The van der Waals surface area contributed by atoms with Crippen LogP contribution in [0.4, 0.5) is 0 Å². The zero-order valence-electron chi connectivity index (χ0n) is 13.5. The number of rotatable bonds is 0. The van der Waals surface area contributed by atoms with Crippen LogP contribution >= 0.6 is 0 Å². The van der Waals surface area contributed by atoms with E-state index in [0.29, 0.717) is 5.75 Å². The zero-order valence-corrected chi connectivity index (χ0v) is 13.5. The lowest BCUT2D eigenvalue weighted by Gasteiger charge is -2.22. The molecule has 22 heavy (non-hydrogen) atoms. The fourth-order valence-corrected chi connectivity index (χ4v) is 3.84. The first-order valence-corrected chi connectivity index (χ1v) is 7.78. The highest BCUT2D eigenvalue weighted by Crippen LogP contribution is 2.53. The van der Waals surface area contributed by atoms with Gasteiger partial charge < -0.3 is 5.11 Å². The summed E-state index contributed by atoms with van der Waals surface area (Å²) in [5.41, 5.74) is 7.55. The minimum absolute atomic E-state index is 0.0761. The number of hydrogen-bond donors (Lipinski definition) is 1. The maximum absolute atomic E-state index is 10.5. The van der Waals surface area contributed by atoms with Crippen LogP contribution in [-0.4, -0.2) is 5.11 Å². The molecule has 0 spiro atoms. The maximum atomic E-state index is 10.5. The number of aryl methyl sites for hydroxylation is 2. The zero-order chi connectivity index (χ0) is 15.6. The van der Waals surface area contributed by atoms with Gasteiger partial charge in [-0.2, -0.15) is 0 Å². The molecule has 0 radical (unpaired) electrons. The Hall–Kier alpha value is -2.28. The van der Waals surface area contributed by atoms with Gasteiger partial charge in [0.05, 0.1) is 0 Å². The molecule has 1 aliphatic carbocycles. The lowest BCUT2D eigenvalue weighted by atomic mass is 9.81. The Labute approximate surface area is 131 Å². The van der Waals surface area contributed by atoms with Gasteiger partial charge >= 0.3 is 0 Å². The lowest BCUT2D eigenvalue weighted by molar-refractivity contribution is 0.479. The van der Waals surface area contributed by atoms with Crippen molar-refractivity contribution >= 4 is 10.8 Å². The normalized spacial score (nSPS) is 14.9. The summed E-state index contributed by atoms with van der Waals surface area (Å²) in [7, 11) is 0. The predicted molar refractivity (Wildman–Crippen MR) is 92.7 cm³/mol. The van der Waals surface area contributed by atoms with Crippen molar-refractivity contribution in [1.29, 1.82) is 0 Å². The first kappa shape index (κ1) is 13.4. The third-order valence-electron chi connectivity index (χ3n) is 5.06. The molecule has 0 bridgehead atoms. The molecule has 0 aliphatic heterocycles. The van der Waals surface area contributed by atoms with E-state index in [2.05, 4.69) is 64.1 Å². The number of phenolic OH excluding ortho intramolecular Hbond substituents is 1. The van der Waals surface area contributed by atoms with Gasteiger partial charge in [0.15, 0.2) is 0 Å². The summed E-state index contributed by atoms with van der Waals surface area (Å²) in [6.45, 7) is 8.69. The van der Waals surface area contributed by atoms with E-state index < -0.39 is 0 Å². The highest BCUT2D eigenvalue weighted by molar-refractivity contribution is 6.05. The Morgan fingerprint density at radius 3 is 2.23 bits per heavy atom. The van der Waals surface area contributed by atoms with E-state index in [1.807, 2.05) is 6.07 Å². The fraction of sp³-hybridized carbons (Fsp3) is 0.238. The second-order valence-corrected chi connectivity index (χ2v) is 7.04. The van der Waals surface area contributed by atoms with Crippen LogP contribution in [0.25, 0.3) is 21.9 Å². The van der Waals surface area contributed by atoms with Gasteiger partial charge in [0, 0.05) is 10.8 Å². The minimum Gasteiger partial charge on any atom is -0.507 e. The summed E-state index contributed by atoms with van der Waals surface area (Å²) in [6.07, 6.45) is 0. The quantitative estimate of drug-likeness (QED) is 0.581.